The SMILES string of the molecule is CC(COCCC(=O)NCCC(=O)NC(COCCC(=O)NCCC(=O)NC(COCCC(=O)NCCN=C(N)N)(COCCC(=O)NCCN=C(N)N)COCCC(=O)NCCN=C(N)N)COCCC(=O)NCCC(=O)NC(COCCC(=O)NCCN=C(N)N)(COCCC(=O)NCCN=C(N)N)COCCC(=O)NCCN=C(N)N)NC(C)(C)C. The number of ether oxygens (including phenoxy) is 9. The average Bonchev–Trinajstić information content (AvgIpc) is 0.858. The van der Waals surface area contributed by atoms with Crippen LogP contribution in [0.1, 0.15) is 105 Å². The van der Waals surface area contributed by atoms with E-state index in [9.17, 15) is 57.5 Å². The van der Waals surface area contributed by atoms with Crippen molar-refractivity contribution >= 4 is 107 Å². The molecule has 0 aliphatic rings. The van der Waals surface area contributed by atoms with E-state index in [2.05, 4.69) is 99.1 Å². The minimum absolute atomic E-state index is 0.0259. The van der Waals surface area contributed by atoms with E-state index in [1.54, 1.807) is 0 Å². The van der Waals surface area contributed by atoms with E-state index in [0.29, 0.717) is 6.61 Å². The lowest BCUT2D eigenvalue weighted by Crippen LogP contribution is -2.59. The van der Waals surface area contributed by atoms with Crippen molar-refractivity contribution in [3.8, 4) is 0 Å². The molecule has 0 bridgehead atoms. The van der Waals surface area contributed by atoms with Crippen LogP contribution in [0.4, 0.5) is 0 Å². The second-order valence-corrected chi connectivity index (χ2v) is 28.7. The van der Waals surface area contributed by atoms with Gasteiger partial charge in [-0.1, -0.05) is 0 Å². The van der Waals surface area contributed by atoms with Crippen molar-refractivity contribution in [2.75, 3.05) is 217 Å². The first kappa shape index (κ1) is 113. The van der Waals surface area contributed by atoms with Crippen LogP contribution in [-0.2, 0) is 100 Å². The quantitative estimate of drug-likeness (QED) is 0.0153. The van der Waals surface area contributed by atoms with Crippen LogP contribution in [0, 0.1) is 0 Å². The maximum Gasteiger partial charge on any atom is 0.222 e. The Morgan fingerprint density at radius 2 is 0.452 bits per heavy atom. The second kappa shape index (κ2) is 70.3. The third kappa shape index (κ3) is 71.4. The molecule has 0 saturated heterocycles. The molecule has 52 nitrogen and oxygen atoms in total. The van der Waals surface area contributed by atoms with Crippen molar-refractivity contribution in [1.29, 1.82) is 0 Å². The van der Waals surface area contributed by atoms with Crippen LogP contribution in [0.25, 0.3) is 0 Å². The highest BCUT2D eigenvalue weighted by atomic mass is 16.5. The lowest BCUT2D eigenvalue weighted by atomic mass is 10.0. The highest BCUT2D eigenvalue weighted by Crippen LogP contribution is 2.14. The number of carbonyl (C=O) groups is 12. The normalized spacial score (nSPS) is 11.4. The molecule has 0 fully saturated rings. The fourth-order valence-corrected chi connectivity index (χ4v) is 10.2. The second-order valence-electron chi connectivity index (χ2n) is 28.7. The monoisotopic (exact) mass is 1780 g/mol. The Morgan fingerprint density at radius 1 is 0.258 bits per heavy atom. The Morgan fingerprint density at radius 3 is 0.661 bits per heavy atom. The topological polar surface area (TPSA) is 831 Å². The summed E-state index contributed by atoms with van der Waals surface area (Å²) in [6.07, 6.45) is -1.99. The molecule has 0 aromatic heterocycles. The maximum absolute atomic E-state index is 13.9. The van der Waals surface area contributed by atoms with Gasteiger partial charge in [-0.3, -0.25) is 87.5 Å². The van der Waals surface area contributed by atoms with Gasteiger partial charge in [-0.15, -0.1) is 0 Å². The van der Waals surface area contributed by atoms with Gasteiger partial charge in [0.25, 0.3) is 0 Å². The molecule has 0 spiro atoms. The third-order valence-corrected chi connectivity index (χ3v) is 15.8. The molecule has 0 heterocycles. The number of aliphatic imine (C=N–C) groups is 6. The zero-order valence-corrected chi connectivity index (χ0v) is 72.2. The molecule has 1 unspecified atom stereocenters. The highest BCUT2D eigenvalue weighted by molar-refractivity contribution is 5.83. The summed E-state index contributed by atoms with van der Waals surface area (Å²) in [5, 5.41) is 35.8. The minimum Gasteiger partial charge on any atom is -0.379 e. The molecular formula is C72H141N31O21. The number of hydrogen-bond acceptors (Lipinski definition) is 28. The first-order valence-corrected chi connectivity index (χ1v) is 40.5. The Labute approximate surface area is 722 Å². The number of rotatable bonds is 76. The summed E-state index contributed by atoms with van der Waals surface area (Å²) in [6.45, 7) is 5.93. The number of nitrogens with one attached hydrogen (secondary N) is 13. The van der Waals surface area contributed by atoms with Crippen LogP contribution in [-0.4, -0.2) is 352 Å². The van der Waals surface area contributed by atoms with Crippen molar-refractivity contribution in [2.45, 2.75) is 133 Å². The molecule has 12 amide bonds. The Hall–Kier alpha value is -11.1. The van der Waals surface area contributed by atoms with Crippen LogP contribution in [0.15, 0.2) is 30.0 Å². The summed E-state index contributed by atoms with van der Waals surface area (Å²) in [4.78, 5) is 179. The fourth-order valence-electron chi connectivity index (χ4n) is 10.2. The van der Waals surface area contributed by atoms with Crippen molar-refractivity contribution < 1.29 is 100 Å². The highest BCUT2D eigenvalue weighted by Gasteiger charge is 2.36. The van der Waals surface area contributed by atoms with Gasteiger partial charge in [-0.25, -0.2) is 0 Å². The molecule has 124 heavy (non-hydrogen) atoms. The van der Waals surface area contributed by atoms with Gasteiger partial charge in [-0.2, -0.15) is 0 Å². The summed E-state index contributed by atoms with van der Waals surface area (Å²) in [5.41, 5.74) is 61.3. The van der Waals surface area contributed by atoms with Gasteiger partial charge >= 0.3 is 0 Å². The molecule has 1 atom stereocenters. The molecule has 0 aliphatic heterocycles. The first-order valence-electron chi connectivity index (χ1n) is 40.5. The van der Waals surface area contributed by atoms with Crippen molar-refractivity contribution in [3.05, 3.63) is 0 Å². The summed E-state index contributed by atoms with van der Waals surface area (Å²) in [5.74, 6) is -6.56. The Bertz CT molecular complexity index is 2910. The number of nitrogens with zero attached hydrogens (tertiary/aromatic N) is 6. The predicted octanol–water partition coefficient (Wildman–Crippen LogP) is -12.5. The van der Waals surface area contributed by atoms with Gasteiger partial charge in [0.1, 0.15) is 11.1 Å². The predicted molar refractivity (Wildman–Crippen MR) is 460 cm³/mol. The molecule has 0 aromatic carbocycles. The van der Waals surface area contributed by atoms with Gasteiger partial charge in [-0.05, 0) is 27.7 Å². The number of carbonyl (C=O) groups excluding carboxylic acids is 12. The summed E-state index contributed by atoms with van der Waals surface area (Å²) < 4.78 is 53.0. The first-order chi connectivity index (χ1) is 58.9. The van der Waals surface area contributed by atoms with Crippen molar-refractivity contribution in [2.24, 2.45) is 98.8 Å². The van der Waals surface area contributed by atoms with E-state index >= 15 is 0 Å². The van der Waals surface area contributed by atoms with E-state index in [1.807, 2.05) is 27.7 Å². The van der Waals surface area contributed by atoms with Crippen LogP contribution in [0.3, 0.4) is 0 Å². The van der Waals surface area contributed by atoms with Crippen LogP contribution >= 0.6 is 0 Å². The van der Waals surface area contributed by atoms with Gasteiger partial charge in [0.15, 0.2) is 35.8 Å². The van der Waals surface area contributed by atoms with E-state index in [0.717, 1.165) is 0 Å². The fraction of sp³-hybridized carbons (Fsp3) is 0.750. The summed E-state index contributed by atoms with van der Waals surface area (Å²) in [6, 6.07) is -0.846. The number of amides is 12. The lowest BCUT2D eigenvalue weighted by molar-refractivity contribution is -0.131. The van der Waals surface area contributed by atoms with Crippen molar-refractivity contribution in [1.82, 2.24) is 69.1 Å². The molecule has 710 valence electrons. The van der Waals surface area contributed by atoms with Crippen LogP contribution in [0.2, 0.25) is 0 Å². The van der Waals surface area contributed by atoms with Crippen LogP contribution < -0.4 is 138 Å². The molecule has 0 aliphatic carbocycles. The largest absolute Gasteiger partial charge is 0.379 e. The molecular weight excluding hydrogens is 1630 g/mol. The standard InChI is InChI=1S/C72H141N31O21/c1-50(101-70(2,3)4)41-116-32-8-52(104)85-17-5-61(113)100-51(42-117-33-9-53(105)86-18-6-62(114)102-71(44-119-35-11-55(107)88-20-26-94-64(73)74,45-120-36-12-56(108)89-21-27-95-65(75)76)46-121-37-13-57(109)90-22-28-96-66(77)78)43-118-34-10-54(106)87-19-7-63(115)103-72(47-122-38-14-58(110)91-23-29-97-67(79)80,48-123-39-15-59(111)92-24-30-98-68(81)82)49-124-40-16-60(112)93-25-31-99-69(83)84/h50-51,101H,5-49H2,1-4H3,(H,85,104)(H,86,105)(H,87,106)(H,88,107)(H,89,108)(H,90,109)(H,91,110)(H,92,111)(H,93,112)(H,100,113)(H,102,114)(H,103,115)(H4,73,74,94)(H4,75,76,95)(H4,77,78,96)(H4,79,80,97)(H4,81,82,98)(H4,83,84,99). The van der Waals surface area contributed by atoms with Gasteiger partial charge < -0.3 is 181 Å². The van der Waals surface area contributed by atoms with Crippen molar-refractivity contribution in [3.63, 3.8) is 0 Å². The lowest BCUT2D eigenvalue weighted by Gasteiger charge is -2.34. The van der Waals surface area contributed by atoms with Crippen LogP contribution in [0.5, 0.6) is 0 Å². The smallest absolute Gasteiger partial charge is 0.222 e. The third-order valence-electron chi connectivity index (χ3n) is 15.8. The van der Waals surface area contributed by atoms with Gasteiger partial charge in [0.2, 0.25) is 70.9 Å². The van der Waals surface area contributed by atoms with Gasteiger partial charge in [0, 0.05) is 148 Å². The van der Waals surface area contributed by atoms with E-state index in [-0.39, 0.29) is 341 Å². The van der Waals surface area contributed by atoms with E-state index < -0.39 is 82.1 Å². The molecule has 52 heteroatoms. The molecule has 0 saturated carbocycles. The van der Waals surface area contributed by atoms with E-state index in [4.69, 9.17) is 111 Å². The number of nitrogens with two attached hydrogens (primary N) is 12. The van der Waals surface area contributed by atoms with Gasteiger partial charge in [0.05, 0.1) is 164 Å². The zero-order chi connectivity index (χ0) is 92.7. The van der Waals surface area contributed by atoms with E-state index in [1.165, 1.54) is 0 Å². The minimum atomic E-state index is -1.53. The maximum atomic E-state index is 13.9. The Kier molecular flexibility index (Phi) is 64.0. The average molecular weight is 1780 g/mol. The number of guanidine groups is 6. The summed E-state index contributed by atoms with van der Waals surface area (Å²) in [7, 11) is 0. The summed E-state index contributed by atoms with van der Waals surface area (Å²) >= 11 is 0. The molecule has 37 N–H and O–H groups in total. The zero-order valence-electron chi connectivity index (χ0n) is 72.2. The molecule has 0 rings (SSSR count). The Balaban J connectivity index is 6.51. The molecule has 0 radical (unpaired) electrons. The molecule has 0 aromatic rings. The number of hydrogen-bond donors (Lipinski definition) is 25.